The largest absolute Gasteiger partial charge is 0.294 e. The molecule has 0 bridgehead atoms. The number of nitrogens with one attached hydrogen (secondary N) is 1. The Morgan fingerprint density at radius 1 is 1.35 bits per heavy atom. The number of hydrogen-bond donors (Lipinski definition) is 1. The fourth-order valence-electron chi connectivity index (χ4n) is 2.59. The Morgan fingerprint density at radius 3 is 2.78 bits per heavy atom. The molecule has 23 heavy (non-hydrogen) atoms. The molecule has 1 N–H and O–H groups in total. The SMILES string of the molecule is Cc1nc(NC(=O)Cc2ccnn2C2CCC2)nc(C(C)C)n1. The van der Waals surface area contributed by atoms with E-state index in [9.17, 15) is 4.79 Å². The maximum atomic E-state index is 12.3. The van der Waals surface area contributed by atoms with Crippen LogP contribution in [-0.2, 0) is 11.2 Å². The summed E-state index contributed by atoms with van der Waals surface area (Å²) in [5.74, 6) is 1.67. The van der Waals surface area contributed by atoms with Crippen LogP contribution in [0.5, 0.6) is 0 Å². The summed E-state index contributed by atoms with van der Waals surface area (Å²) in [4.78, 5) is 25.1. The summed E-state index contributed by atoms with van der Waals surface area (Å²) in [5, 5.41) is 7.12. The van der Waals surface area contributed by atoms with Crippen LogP contribution in [0.3, 0.4) is 0 Å². The van der Waals surface area contributed by atoms with E-state index in [1.54, 1.807) is 13.1 Å². The van der Waals surface area contributed by atoms with Crippen molar-refractivity contribution in [1.29, 1.82) is 0 Å². The van der Waals surface area contributed by atoms with Crippen LogP contribution in [0.15, 0.2) is 12.3 Å². The molecule has 0 spiro atoms. The Bertz CT molecular complexity index is 704. The Morgan fingerprint density at radius 2 is 2.13 bits per heavy atom. The van der Waals surface area contributed by atoms with Gasteiger partial charge in [0.1, 0.15) is 11.6 Å². The van der Waals surface area contributed by atoms with Crippen molar-refractivity contribution in [1.82, 2.24) is 24.7 Å². The lowest BCUT2D eigenvalue weighted by molar-refractivity contribution is -0.115. The lowest BCUT2D eigenvalue weighted by Gasteiger charge is -2.27. The maximum absolute atomic E-state index is 12.3. The molecule has 1 fully saturated rings. The summed E-state index contributed by atoms with van der Waals surface area (Å²) >= 11 is 0. The van der Waals surface area contributed by atoms with Crippen LogP contribution in [0.25, 0.3) is 0 Å². The van der Waals surface area contributed by atoms with Crippen LogP contribution in [-0.4, -0.2) is 30.6 Å². The second-order valence-electron chi connectivity index (χ2n) is 6.30. The molecule has 0 aromatic carbocycles. The molecule has 1 saturated carbocycles. The average molecular weight is 314 g/mol. The summed E-state index contributed by atoms with van der Waals surface area (Å²) in [6, 6.07) is 2.34. The van der Waals surface area contributed by atoms with Gasteiger partial charge in [0.05, 0.1) is 12.5 Å². The Labute approximate surface area is 135 Å². The minimum atomic E-state index is -0.133. The predicted octanol–water partition coefficient (Wildman–Crippen LogP) is 2.41. The molecule has 0 saturated heterocycles. The number of carbonyl (C=O) groups is 1. The van der Waals surface area contributed by atoms with Crippen molar-refractivity contribution in [2.24, 2.45) is 0 Å². The molecule has 0 aliphatic heterocycles. The van der Waals surface area contributed by atoms with Crippen molar-refractivity contribution < 1.29 is 4.79 Å². The number of hydrogen-bond acceptors (Lipinski definition) is 5. The molecule has 2 aromatic rings. The smallest absolute Gasteiger partial charge is 0.232 e. The first kappa shape index (κ1) is 15.6. The fraction of sp³-hybridized carbons (Fsp3) is 0.562. The zero-order chi connectivity index (χ0) is 16.4. The highest BCUT2D eigenvalue weighted by atomic mass is 16.1. The number of aryl methyl sites for hydroxylation is 1. The van der Waals surface area contributed by atoms with Crippen LogP contribution < -0.4 is 5.32 Å². The predicted molar refractivity (Wildman–Crippen MR) is 86.1 cm³/mol. The molecule has 1 aliphatic rings. The molecule has 7 nitrogen and oxygen atoms in total. The number of carbonyl (C=O) groups excluding carboxylic acids is 1. The van der Waals surface area contributed by atoms with Gasteiger partial charge in [0.2, 0.25) is 11.9 Å². The highest BCUT2D eigenvalue weighted by Gasteiger charge is 2.23. The summed E-state index contributed by atoms with van der Waals surface area (Å²) < 4.78 is 1.97. The molecular formula is C16H22N6O. The lowest BCUT2D eigenvalue weighted by Crippen LogP contribution is -2.24. The van der Waals surface area contributed by atoms with Gasteiger partial charge in [-0.1, -0.05) is 13.8 Å². The van der Waals surface area contributed by atoms with Gasteiger partial charge in [0, 0.05) is 17.8 Å². The summed E-state index contributed by atoms with van der Waals surface area (Å²) in [6.07, 6.45) is 5.54. The Balaban J connectivity index is 1.69. The first-order chi connectivity index (χ1) is 11.0. The molecule has 7 heteroatoms. The standard InChI is InChI=1S/C16H22N6O/c1-10(2)15-18-11(3)19-16(21-15)20-14(23)9-13-7-8-17-22(13)12-5-4-6-12/h7-8,10,12H,4-6,9H2,1-3H3,(H,18,19,20,21,23). The molecular weight excluding hydrogens is 292 g/mol. The first-order valence-corrected chi connectivity index (χ1v) is 8.07. The van der Waals surface area contributed by atoms with E-state index in [0.29, 0.717) is 23.6 Å². The number of rotatable bonds is 5. The van der Waals surface area contributed by atoms with Gasteiger partial charge < -0.3 is 0 Å². The Kier molecular flexibility index (Phi) is 4.36. The number of nitrogens with zero attached hydrogens (tertiary/aromatic N) is 5. The van der Waals surface area contributed by atoms with E-state index >= 15 is 0 Å². The summed E-state index contributed by atoms with van der Waals surface area (Å²) in [6.45, 7) is 5.82. The zero-order valence-electron chi connectivity index (χ0n) is 13.8. The van der Waals surface area contributed by atoms with Crippen LogP contribution in [0.4, 0.5) is 5.95 Å². The average Bonchev–Trinajstić information content (AvgIpc) is 2.83. The van der Waals surface area contributed by atoms with Crippen molar-refractivity contribution in [2.45, 2.75) is 58.4 Å². The van der Waals surface area contributed by atoms with Gasteiger partial charge in [-0.05, 0) is 32.3 Å². The van der Waals surface area contributed by atoms with Gasteiger partial charge in [-0.25, -0.2) is 4.98 Å². The molecule has 2 heterocycles. The molecule has 122 valence electrons. The van der Waals surface area contributed by atoms with Crippen molar-refractivity contribution in [2.75, 3.05) is 5.32 Å². The van der Waals surface area contributed by atoms with Crippen molar-refractivity contribution >= 4 is 11.9 Å². The monoisotopic (exact) mass is 314 g/mol. The number of aromatic nitrogens is 5. The molecule has 3 rings (SSSR count). The zero-order valence-corrected chi connectivity index (χ0v) is 13.8. The molecule has 0 radical (unpaired) electrons. The molecule has 2 aromatic heterocycles. The summed E-state index contributed by atoms with van der Waals surface area (Å²) in [7, 11) is 0. The highest BCUT2D eigenvalue weighted by molar-refractivity contribution is 5.90. The van der Waals surface area contributed by atoms with Crippen molar-refractivity contribution in [3.8, 4) is 0 Å². The minimum absolute atomic E-state index is 0.133. The summed E-state index contributed by atoms with van der Waals surface area (Å²) in [5.41, 5.74) is 0.932. The fourth-order valence-corrected chi connectivity index (χ4v) is 2.59. The second kappa shape index (κ2) is 6.44. The third-order valence-electron chi connectivity index (χ3n) is 4.05. The van der Waals surface area contributed by atoms with E-state index in [-0.39, 0.29) is 18.2 Å². The number of amides is 1. The third kappa shape index (κ3) is 3.55. The Hall–Kier alpha value is -2.31. The van der Waals surface area contributed by atoms with Crippen molar-refractivity contribution in [3.63, 3.8) is 0 Å². The molecule has 1 aliphatic carbocycles. The topological polar surface area (TPSA) is 85.6 Å². The van der Waals surface area contributed by atoms with Gasteiger partial charge in [-0.15, -0.1) is 0 Å². The minimum Gasteiger partial charge on any atom is -0.294 e. The quantitative estimate of drug-likeness (QED) is 0.916. The normalized spacial score (nSPS) is 14.8. The van der Waals surface area contributed by atoms with E-state index in [1.807, 2.05) is 24.6 Å². The lowest BCUT2D eigenvalue weighted by atomic mass is 9.93. The van der Waals surface area contributed by atoms with Crippen LogP contribution >= 0.6 is 0 Å². The van der Waals surface area contributed by atoms with E-state index < -0.39 is 0 Å². The first-order valence-electron chi connectivity index (χ1n) is 8.07. The van der Waals surface area contributed by atoms with Crippen LogP contribution in [0, 0.1) is 6.92 Å². The third-order valence-corrected chi connectivity index (χ3v) is 4.05. The molecule has 0 atom stereocenters. The van der Waals surface area contributed by atoms with Crippen LogP contribution in [0.1, 0.15) is 62.4 Å². The maximum Gasteiger partial charge on any atom is 0.232 e. The second-order valence-corrected chi connectivity index (χ2v) is 6.30. The van der Waals surface area contributed by atoms with Gasteiger partial charge in [-0.2, -0.15) is 15.1 Å². The van der Waals surface area contributed by atoms with E-state index in [0.717, 1.165) is 18.5 Å². The number of anilines is 1. The van der Waals surface area contributed by atoms with E-state index in [2.05, 4.69) is 25.4 Å². The van der Waals surface area contributed by atoms with E-state index in [1.165, 1.54) is 6.42 Å². The highest BCUT2D eigenvalue weighted by Crippen LogP contribution is 2.31. The van der Waals surface area contributed by atoms with Gasteiger partial charge in [-0.3, -0.25) is 14.8 Å². The van der Waals surface area contributed by atoms with Gasteiger partial charge in [0.25, 0.3) is 0 Å². The van der Waals surface area contributed by atoms with Gasteiger partial charge >= 0.3 is 0 Å². The van der Waals surface area contributed by atoms with Crippen LogP contribution in [0.2, 0.25) is 0 Å². The van der Waals surface area contributed by atoms with Gasteiger partial charge in [0.15, 0.2) is 0 Å². The molecule has 1 amide bonds. The van der Waals surface area contributed by atoms with Crippen molar-refractivity contribution in [3.05, 3.63) is 29.6 Å². The van der Waals surface area contributed by atoms with E-state index in [4.69, 9.17) is 0 Å². The molecule has 0 unspecified atom stereocenters.